The molecule has 0 bridgehead atoms. The largest absolute Gasteiger partial charge is 0.487 e. The third kappa shape index (κ3) is 2.61. The molecule has 1 aromatic carbocycles. The number of hydrogen-bond acceptors (Lipinski definition) is 3. The number of para-hydroxylation sites is 1. The van der Waals surface area contributed by atoms with Crippen molar-refractivity contribution in [3.63, 3.8) is 0 Å². The molecule has 0 saturated carbocycles. The highest BCUT2D eigenvalue weighted by Crippen LogP contribution is 2.42. The van der Waals surface area contributed by atoms with E-state index >= 15 is 0 Å². The van der Waals surface area contributed by atoms with Crippen molar-refractivity contribution in [1.82, 2.24) is 5.32 Å². The first-order valence-corrected chi connectivity index (χ1v) is 7.80. The third-order valence-electron chi connectivity index (χ3n) is 4.54. The van der Waals surface area contributed by atoms with Crippen LogP contribution in [0.5, 0.6) is 5.75 Å². The van der Waals surface area contributed by atoms with Gasteiger partial charge < -0.3 is 14.5 Å². The lowest BCUT2D eigenvalue weighted by Gasteiger charge is -2.41. The van der Waals surface area contributed by atoms with Gasteiger partial charge in [-0.3, -0.25) is 4.79 Å². The van der Waals surface area contributed by atoms with Gasteiger partial charge in [-0.2, -0.15) is 0 Å². The van der Waals surface area contributed by atoms with E-state index in [0.717, 1.165) is 30.6 Å². The molecular formula is C18H21NO3. The summed E-state index contributed by atoms with van der Waals surface area (Å²) >= 11 is 0. The van der Waals surface area contributed by atoms with Crippen LogP contribution in [0.1, 0.15) is 55.3 Å². The second-order valence-electron chi connectivity index (χ2n) is 5.74. The summed E-state index contributed by atoms with van der Waals surface area (Å²) < 4.78 is 11.4. The normalized spacial score (nSPS) is 19.1. The van der Waals surface area contributed by atoms with Crippen molar-refractivity contribution >= 4 is 5.91 Å². The summed E-state index contributed by atoms with van der Waals surface area (Å²) in [5.74, 6) is 1.01. The second-order valence-corrected chi connectivity index (χ2v) is 5.74. The van der Waals surface area contributed by atoms with Gasteiger partial charge in [0.1, 0.15) is 11.4 Å². The van der Waals surface area contributed by atoms with Gasteiger partial charge in [0.2, 0.25) is 0 Å². The monoisotopic (exact) mass is 299 g/mol. The van der Waals surface area contributed by atoms with Crippen LogP contribution in [0.15, 0.2) is 47.1 Å². The summed E-state index contributed by atoms with van der Waals surface area (Å²) in [6, 6.07) is 11.2. The molecule has 22 heavy (non-hydrogen) atoms. The fourth-order valence-electron chi connectivity index (χ4n) is 3.07. The van der Waals surface area contributed by atoms with Gasteiger partial charge in [0.25, 0.3) is 5.91 Å². The van der Waals surface area contributed by atoms with E-state index in [1.807, 2.05) is 24.3 Å². The molecule has 0 fully saturated rings. The van der Waals surface area contributed by atoms with Crippen LogP contribution in [0, 0.1) is 0 Å². The maximum atomic E-state index is 12.3. The first-order chi connectivity index (χ1) is 10.7. The van der Waals surface area contributed by atoms with Gasteiger partial charge in [0.15, 0.2) is 5.76 Å². The summed E-state index contributed by atoms with van der Waals surface area (Å²) in [4.78, 5) is 12.3. The van der Waals surface area contributed by atoms with Gasteiger partial charge in [-0.1, -0.05) is 32.0 Å². The van der Waals surface area contributed by atoms with Crippen LogP contribution in [-0.4, -0.2) is 11.5 Å². The number of carbonyl (C=O) groups is 1. The maximum Gasteiger partial charge on any atom is 0.287 e. The number of hydrogen-bond donors (Lipinski definition) is 1. The lowest BCUT2D eigenvalue weighted by molar-refractivity contribution is 0.0225. The molecule has 0 saturated heterocycles. The van der Waals surface area contributed by atoms with E-state index in [2.05, 4.69) is 19.2 Å². The van der Waals surface area contributed by atoms with E-state index in [9.17, 15) is 4.79 Å². The van der Waals surface area contributed by atoms with Crippen molar-refractivity contribution in [3.8, 4) is 5.75 Å². The molecule has 116 valence electrons. The molecule has 1 amide bonds. The van der Waals surface area contributed by atoms with Gasteiger partial charge in [-0.15, -0.1) is 0 Å². The second kappa shape index (κ2) is 5.87. The Labute approximate surface area is 130 Å². The van der Waals surface area contributed by atoms with Crippen LogP contribution in [-0.2, 0) is 0 Å². The number of carbonyl (C=O) groups excluding carboxylic acids is 1. The van der Waals surface area contributed by atoms with E-state index in [4.69, 9.17) is 9.15 Å². The zero-order valence-electron chi connectivity index (χ0n) is 13.0. The average Bonchev–Trinajstić information content (AvgIpc) is 3.09. The van der Waals surface area contributed by atoms with Crippen LogP contribution in [0.3, 0.4) is 0 Å². The molecule has 0 spiro atoms. The van der Waals surface area contributed by atoms with E-state index in [-0.39, 0.29) is 17.6 Å². The van der Waals surface area contributed by atoms with E-state index in [1.54, 1.807) is 12.1 Å². The van der Waals surface area contributed by atoms with Crippen molar-refractivity contribution in [1.29, 1.82) is 0 Å². The smallest absolute Gasteiger partial charge is 0.287 e. The van der Waals surface area contributed by atoms with Crippen LogP contribution < -0.4 is 10.1 Å². The molecule has 0 aliphatic carbocycles. The minimum absolute atomic E-state index is 0.0672. The van der Waals surface area contributed by atoms with Crippen LogP contribution in [0.4, 0.5) is 0 Å². The average molecular weight is 299 g/mol. The highest BCUT2D eigenvalue weighted by Gasteiger charge is 2.39. The maximum absolute atomic E-state index is 12.3. The lowest BCUT2D eigenvalue weighted by Crippen LogP contribution is -2.44. The predicted molar refractivity (Wildman–Crippen MR) is 83.9 cm³/mol. The Balaban J connectivity index is 1.90. The molecule has 1 atom stereocenters. The topological polar surface area (TPSA) is 51.5 Å². The molecule has 4 heteroatoms. The van der Waals surface area contributed by atoms with Crippen LogP contribution in [0.2, 0.25) is 0 Å². The molecule has 1 aliphatic heterocycles. The number of rotatable bonds is 4. The zero-order valence-corrected chi connectivity index (χ0v) is 13.0. The Hall–Kier alpha value is -2.23. The molecule has 1 aromatic heterocycles. The minimum atomic E-state index is -0.227. The fraction of sp³-hybridized carbons (Fsp3) is 0.389. The van der Waals surface area contributed by atoms with E-state index < -0.39 is 0 Å². The summed E-state index contributed by atoms with van der Waals surface area (Å²) in [5.41, 5.74) is 0.801. The van der Waals surface area contributed by atoms with E-state index in [0.29, 0.717) is 5.76 Å². The van der Waals surface area contributed by atoms with Crippen LogP contribution in [0.25, 0.3) is 0 Å². The van der Waals surface area contributed by atoms with E-state index in [1.165, 1.54) is 6.26 Å². The highest BCUT2D eigenvalue weighted by molar-refractivity contribution is 5.91. The van der Waals surface area contributed by atoms with Gasteiger partial charge in [0.05, 0.1) is 12.3 Å². The molecular weight excluding hydrogens is 278 g/mol. The summed E-state index contributed by atoms with van der Waals surface area (Å²) in [5, 5.41) is 3.09. The Bertz CT molecular complexity index is 644. The predicted octanol–water partition coefficient (Wildman–Crippen LogP) is 4.09. The first-order valence-electron chi connectivity index (χ1n) is 7.80. The summed E-state index contributed by atoms with van der Waals surface area (Å²) in [7, 11) is 0. The lowest BCUT2D eigenvalue weighted by atomic mass is 9.83. The van der Waals surface area contributed by atoms with Gasteiger partial charge in [0, 0.05) is 12.0 Å². The van der Waals surface area contributed by atoms with Crippen molar-refractivity contribution in [2.24, 2.45) is 0 Å². The first kappa shape index (κ1) is 14.7. The Kier molecular flexibility index (Phi) is 3.92. The minimum Gasteiger partial charge on any atom is -0.487 e. The van der Waals surface area contributed by atoms with Crippen LogP contribution >= 0.6 is 0 Å². The zero-order chi connectivity index (χ0) is 15.6. The number of ether oxygens (including phenoxy) is 1. The molecule has 1 aliphatic rings. The Morgan fingerprint density at radius 1 is 1.23 bits per heavy atom. The quantitative estimate of drug-likeness (QED) is 0.925. The molecule has 3 rings (SSSR count). The van der Waals surface area contributed by atoms with Gasteiger partial charge in [-0.05, 0) is 31.0 Å². The third-order valence-corrected chi connectivity index (χ3v) is 4.54. The van der Waals surface area contributed by atoms with Crippen molar-refractivity contribution in [2.75, 3.05) is 0 Å². The number of benzene rings is 1. The van der Waals surface area contributed by atoms with Gasteiger partial charge >= 0.3 is 0 Å². The highest BCUT2D eigenvalue weighted by atomic mass is 16.5. The summed E-state index contributed by atoms with van der Waals surface area (Å²) in [6.07, 6.45) is 4.09. The number of amides is 1. The van der Waals surface area contributed by atoms with Gasteiger partial charge in [-0.25, -0.2) is 0 Å². The number of furan rings is 1. The number of nitrogens with one attached hydrogen (secondary N) is 1. The number of fused-ring (bicyclic) bond motifs is 1. The molecule has 2 aromatic rings. The van der Waals surface area contributed by atoms with Crippen molar-refractivity contribution < 1.29 is 13.9 Å². The van der Waals surface area contributed by atoms with Crippen molar-refractivity contribution in [3.05, 3.63) is 54.0 Å². The standard InChI is InChI=1S/C18H21NO3/c1-3-18(4-2)12-14(13-8-5-6-9-15(13)22-18)19-17(20)16-10-7-11-21-16/h5-11,14H,3-4,12H2,1-2H3,(H,19,20). The molecule has 4 nitrogen and oxygen atoms in total. The SMILES string of the molecule is CCC1(CC)CC(NC(=O)c2ccco2)c2ccccc2O1. The van der Waals surface area contributed by atoms with Crippen molar-refractivity contribution in [2.45, 2.75) is 44.8 Å². The fourth-order valence-corrected chi connectivity index (χ4v) is 3.07. The molecule has 1 N–H and O–H groups in total. The molecule has 2 heterocycles. The molecule has 0 radical (unpaired) electrons. The summed E-state index contributed by atoms with van der Waals surface area (Å²) in [6.45, 7) is 4.26. The molecule has 1 unspecified atom stereocenters. The Morgan fingerprint density at radius 2 is 2.00 bits per heavy atom. The Morgan fingerprint density at radius 3 is 2.68 bits per heavy atom.